The molecule has 0 saturated carbocycles. The Morgan fingerprint density at radius 3 is 2.54 bits per heavy atom. The molecule has 0 spiro atoms. The highest BCUT2D eigenvalue weighted by Crippen LogP contribution is 2.38. The number of pyridine rings is 2. The van der Waals surface area contributed by atoms with Crippen LogP contribution in [0.2, 0.25) is 0 Å². The van der Waals surface area contributed by atoms with Crippen LogP contribution < -0.4 is 0 Å². The molecule has 0 fully saturated rings. The molecule has 3 aromatic rings. The van der Waals surface area contributed by atoms with Gasteiger partial charge in [0.15, 0.2) is 5.60 Å². The van der Waals surface area contributed by atoms with Gasteiger partial charge in [0.2, 0.25) is 0 Å². The molecular formula is C15H10BrF4N3O. The van der Waals surface area contributed by atoms with Crippen LogP contribution in [0.5, 0.6) is 0 Å². The first-order valence-corrected chi connectivity index (χ1v) is 7.49. The van der Waals surface area contributed by atoms with Gasteiger partial charge in [-0.2, -0.15) is 13.2 Å². The van der Waals surface area contributed by atoms with Gasteiger partial charge >= 0.3 is 6.18 Å². The van der Waals surface area contributed by atoms with Crippen molar-refractivity contribution in [3.8, 4) is 11.4 Å². The molecule has 3 heterocycles. The lowest BCUT2D eigenvalue weighted by molar-refractivity contribution is -0.259. The summed E-state index contributed by atoms with van der Waals surface area (Å²) in [5, 5.41) is 9.83. The van der Waals surface area contributed by atoms with Crippen LogP contribution in [0.25, 0.3) is 17.0 Å². The van der Waals surface area contributed by atoms with Gasteiger partial charge in [-0.05, 0) is 28.9 Å². The Morgan fingerprint density at radius 2 is 1.92 bits per heavy atom. The SMILES string of the molecule is CC(O)(c1ccc2ncc(-c3cc(F)cc(Br)n3)n2c1)C(F)(F)F. The minimum atomic E-state index is -4.85. The van der Waals surface area contributed by atoms with Crippen LogP contribution in [-0.4, -0.2) is 25.7 Å². The van der Waals surface area contributed by atoms with Gasteiger partial charge in [0.05, 0.1) is 17.6 Å². The standard InChI is InChI=1S/C15H10BrF4N3O/c1-14(24,15(18,19)20)8-2-3-13-21-6-11(23(13)7-8)10-4-9(17)5-12(16)22-10/h2-7,24H,1H3. The Hall–Kier alpha value is -2.00. The van der Waals surface area contributed by atoms with Crippen LogP contribution in [0.15, 0.2) is 41.3 Å². The summed E-state index contributed by atoms with van der Waals surface area (Å²) in [7, 11) is 0. The third-order valence-electron chi connectivity index (χ3n) is 3.64. The highest BCUT2D eigenvalue weighted by atomic mass is 79.9. The van der Waals surface area contributed by atoms with Gasteiger partial charge in [-0.25, -0.2) is 14.4 Å². The summed E-state index contributed by atoms with van der Waals surface area (Å²) in [4.78, 5) is 8.16. The number of hydrogen-bond donors (Lipinski definition) is 1. The maximum Gasteiger partial charge on any atom is 0.421 e. The second-order valence-corrected chi connectivity index (χ2v) is 6.17. The van der Waals surface area contributed by atoms with Gasteiger partial charge in [-0.1, -0.05) is 6.07 Å². The Balaban J connectivity index is 2.20. The molecule has 0 radical (unpaired) electrons. The molecule has 3 aromatic heterocycles. The topological polar surface area (TPSA) is 50.4 Å². The quantitative estimate of drug-likeness (QED) is 0.518. The minimum Gasteiger partial charge on any atom is -0.376 e. The predicted octanol–water partition coefficient (Wildman–Crippen LogP) is 4.07. The van der Waals surface area contributed by atoms with E-state index in [1.807, 2.05) is 0 Å². The van der Waals surface area contributed by atoms with E-state index in [1.54, 1.807) is 0 Å². The highest BCUT2D eigenvalue weighted by Gasteiger charge is 2.51. The van der Waals surface area contributed by atoms with Crippen LogP contribution in [0, 0.1) is 5.82 Å². The maximum atomic E-state index is 13.6. The van der Waals surface area contributed by atoms with Crippen molar-refractivity contribution in [2.24, 2.45) is 0 Å². The van der Waals surface area contributed by atoms with E-state index in [9.17, 15) is 22.7 Å². The first-order chi connectivity index (χ1) is 11.1. The van der Waals surface area contributed by atoms with E-state index >= 15 is 0 Å². The molecule has 0 aliphatic rings. The van der Waals surface area contributed by atoms with Crippen molar-refractivity contribution in [1.82, 2.24) is 14.4 Å². The monoisotopic (exact) mass is 403 g/mol. The van der Waals surface area contributed by atoms with Crippen LogP contribution in [0.1, 0.15) is 12.5 Å². The molecule has 0 saturated heterocycles. The van der Waals surface area contributed by atoms with Gasteiger partial charge in [-0.15, -0.1) is 0 Å². The number of alkyl halides is 3. The molecule has 0 amide bonds. The number of halogens is 5. The Labute approximate surface area is 141 Å². The summed E-state index contributed by atoms with van der Waals surface area (Å²) in [5.41, 5.74) is -2.56. The number of aliphatic hydroxyl groups is 1. The predicted molar refractivity (Wildman–Crippen MR) is 81.7 cm³/mol. The smallest absolute Gasteiger partial charge is 0.376 e. The van der Waals surface area contributed by atoms with Gasteiger partial charge < -0.3 is 5.11 Å². The molecule has 126 valence electrons. The molecule has 24 heavy (non-hydrogen) atoms. The molecule has 0 aliphatic heterocycles. The molecule has 0 aliphatic carbocycles. The second-order valence-electron chi connectivity index (χ2n) is 5.35. The van der Waals surface area contributed by atoms with Crippen LogP contribution in [0.3, 0.4) is 0 Å². The maximum absolute atomic E-state index is 13.6. The Bertz CT molecular complexity index is 900. The fraction of sp³-hybridized carbons (Fsp3) is 0.200. The number of aromatic nitrogens is 3. The number of nitrogens with zero attached hydrogens (tertiary/aromatic N) is 3. The zero-order valence-electron chi connectivity index (χ0n) is 12.1. The summed E-state index contributed by atoms with van der Waals surface area (Å²) in [6, 6.07) is 4.79. The third-order valence-corrected chi connectivity index (χ3v) is 4.05. The molecule has 1 unspecified atom stereocenters. The normalized spacial score (nSPS) is 14.8. The van der Waals surface area contributed by atoms with Crippen molar-refractivity contribution < 1.29 is 22.7 Å². The lowest BCUT2D eigenvalue weighted by Crippen LogP contribution is -2.39. The zero-order valence-corrected chi connectivity index (χ0v) is 13.7. The molecule has 0 bridgehead atoms. The zero-order chi connectivity index (χ0) is 17.7. The van der Waals surface area contributed by atoms with Gasteiger partial charge in [0.25, 0.3) is 0 Å². The first kappa shape index (κ1) is 16.8. The number of fused-ring (bicyclic) bond motifs is 1. The number of imidazole rings is 1. The molecule has 4 nitrogen and oxygen atoms in total. The van der Waals surface area contributed by atoms with E-state index in [1.165, 1.54) is 16.7 Å². The molecule has 1 atom stereocenters. The fourth-order valence-corrected chi connectivity index (χ4v) is 2.63. The van der Waals surface area contributed by atoms with E-state index in [4.69, 9.17) is 0 Å². The van der Waals surface area contributed by atoms with Crippen molar-refractivity contribution in [3.05, 3.63) is 52.6 Å². The molecule has 3 rings (SSSR count). The Kier molecular flexibility index (Phi) is 3.88. The van der Waals surface area contributed by atoms with Crippen LogP contribution in [-0.2, 0) is 5.60 Å². The fourth-order valence-electron chi connectivity index (χ4n) is 2.22. The van der Waals surface area contributed by atoms with Crippen LogP contribution >= 0.6 is 15.9 Å². The highest BCUT2D eigenvalue weighted by molar-refractivity contribution is 9.10. The van der Waals surface area contributed by atoms with E-state index in [2.05, 4.69) is 25.9 Å². The van der Waals surface area contributed by atoms with E-state index in [-0.39, 0.29) is 15.9 Å². The molecular weight excluding hydrogens is 394 g/mol. The van der Waals surface area contributed by atoms with Crippen molar-refractivity contribution in [3.63, 3.8) is 0 Å². The van der Waals surface area contributed by atoms with Crippen LogP contribution in [0.4, 0.5) is 17.6 Å². The lowest BCUT2D eigenvalue weighted by Gasteiger charge is -2.26. The van der Waals surface area contributed by atoms with Crippen molar-refractivity contribution in [1.29, 1.82) is 0 Å². The number of rotatable bonds is 2. The second kappa shape index (κ2) is 5.52. The van der Waals surface area contributed by atoms with Crippen molar-refractivity contribution in [2.75, 3.05) is 0 Å². The van der Waals surface area contributed by atoms with Gasteiger partial charge in [-0.3, -0.25) is 4.40 Å². The van der Waals surface area contributed by atoms with Gasteiger partial charge in [0, 0.05) is 23.9 Å². The van der Waals surface area contributed by atoms with Crippen molar-refractivity contribution in [2.45, 2.75) is 18.7 Å². The van der Waals surface area contributed by atoms with Crippen molar-refractivity contribution >= 4 is 21.6 Å². The third kappa shape index (κ3) is 2.78. The molecule has 9 heteroatoms. The summed E-state index contributed by atoms with van der Waals surface area (Å²) >= 11 is 3.07. The molecule has 1 N–H and O–H groups in total. The average Bonchev–Trinajstić information content (AvgIpc) is 2.87. The summed E-state index contributed by atoms with van der Waals surface area (Å²) in [6.07, 6.45) is -2.36. The van der Waals surface area contributed by atoms with Gasteiger partial charge in [0.1, 0.15) is 16.1 Å². The minimum absolute atomic E-state index is 0.193. The Morgan fingerprint density at radius 1 is 1.21 bits per heavy atom. The summed E-state index contributed by atoms with van der Waals surface area (Å²) in [5.74, 6) is -0.555. The molecule has 0 aromatic carbocycles. The largest absolute Gasteiger partial charge is 0.421 e. The van der Waals surface area contributed by atoms with E-state index in [0.29, 0.717) is 18.3 Å². The lowest BCUT2D eigenvalue weighted by atomic mass is 9.97. The first-order valence-electron chi connectivity index (χ1n) is 6.70. The summed E-state index contributed by atoms with van der Waals surface area (Å²) in [6.45, 7) is 0.668. The average molecular weight is 404 g/mol. The summed E-state index contributed by atoms with van der Waals surface area (Å²) < 4.78 is 54.2. The van der Waals surface area contributed by atoms with E-state index < -0.39 is 17.6 Å². The van der Waals surface area contributed by atoms with E-state index in [0.717, 1.165) is 24.4 Å². The number of hydrogen-bond acceptors (Lipinski definition) is 3.